The van der Waals surface area contributed by atoms with Crippen LogP contribution in [0.3, 0.4) is 0 Å². The summed E-state index contributed by atoms with van der Waals surface area (Å²) in [6, 6.07) is 6.54. The molecule has 0 spiro atoms. The van der Waals surface area contributed by atoms with Gasteiger partial charge in [0.2, 0.25) is 11.8 Å². The minimum atomic E-state index is -0.274. The number of likely N-dealkylation sites (tertiary alicyclic amines) is 2. The van der Waals surface area contributed by atoms with E-state index in [2.05, 4.69) is 0 Å². The Bertz CT molecular complexity index is 673. The molecule has 1 aromatic carbocycles. The molecule has 25 heavy (non-hydrogen) atoms. The second-order valence-corrected chi connectivity index (χ2v) is 7.82. The third-order valence-corrected chi connectivity index (χ3v) is 5.85. The number of halogens is 1. The Balaban J connectivity index is 1.50. The zero-order valence-electron chi connectivity index (χ0n) is 14.5. The van der Waals surface area contributed by atoms with Crippen molar-refractivity contribution in [3.8, 4) is 0 Å². The van der Waals surface area contributed by atoms with Gasteiger partial charge < -0.3 is 9.80 Å². The van der Waals surface area contributed by atoms with Gasteiger partial charge in [0.15, 0.2) is 0 Å². The van der Waals surface area contributed by atoms with Gasteiger partial charge >= 0.3 is 0 Å². The highest BCUT2D eigenvalue weighted by Gasteiger charge is 2.42. The van der Waals surface area contributed by atoms with Gasteiger partial charge in [0.1, 0.15) is 5.82 Å². The van der Waals surface area contributed by atoms with Crippen molar-refractivity contribution in [1.82, 2.24) is 9.80 Å². The van der Waals surface area contributed by atoms with E-state index in [1.165, 1.54) is 25.0 Å². The molecule has 2 unspecified atom stereocenters. The fourth-order valence-electron chi connectivity index (χ4n) is 4.27. The van der Waals surface area contributed by atoms with Gasteiger partial charge in [-0.15, -0.1) is 0 Å². The lowest BCUT2D eigenvalue weighted by atomic mass is 9.98. The largest absolute Gasteiger partial charge is 0.340 e. The Hall–Kier alpha value is -1.91. The molecule has 0 bridgehead atoms. The molecule has 0 N–H and O–H groups in total. The van der Waals surface area contributed by atoms with Gasteiger partial charge in [-0.1, -0.05) is 12.1 Å². The number of carbonyl (C=O) groups is 2. The number of carbonyl (C=O) groups excluding carboxylic acids is 2. The Labute approximate surface area is 148 Å². The molecule has 4 rings (SSSR count). The summed E-state index contributed by atoms with van der Waals surface area (Å²) in [5.41, 5.74) is 0.816. The summed E-state index contributed by atoms with van der Waals surface area (Å²) in [7, 11) is 0. The highest BCUT2D eigenvalue weighted by molar-refractivity contribution is 5.79. The molecule has 3 aliphatic rings. The Kier molecular flexibility index (Phi) is 4.48. The fourth-order valence-corrected chi connectivity index (χ4v) is 4.27. The molecule has 4 nitrogen and oxygen atoms in total. The van der Waals surface area contributed by atoms with E-state index < -0.39 is 0 Å². The van der Waals surface area contributed by atoms with Crippen molar-refractivity contribution in [2.45, 2.75) is 51.1 Å². The molecule has 5 heteroatoms. The molecule has 2 amide bonds. The van der Waals surface area contributed by atoms with Crippen LogP contribution in [0.25, 0.3) is 0 Å². The van der Waals surface area contributed by atoms with Crippen LogP contribution >= 0.6 is 0 Å². The Morgan fingerprint density at radius 1 is 1.20 bits per heavy atom. The zero-order valence-corrected chi connectivity index (χ0v) is 14.5. The van der Waals surface area contributed by atoms with E-state index in [9.17, 15) is 14.0 Å². The molecule has 2 atom stereocenters. The third kappa shape index (κ3) is 3.70. The number of amides is 2. The molecule has 1 saturated carbocycles. The van der Waals surface area contributed by atoms with E-state index in [0.717, 1.165) is 24.9 Å². The van der Waals surface area contributed by atoms with Crippen molar-refractivity contribution in [3.63, 3.8) is 0 Å². The van der Waals surface area contributed by atoms with Gasteiger partial charge in [0, 0.05) is 32.5 Å². The maximum atomic E-state index is 13.5. The molecule has 2 heterocycles. The fraction of sp³-hybridized carbons (Fsp3) is 0.600. The SMILES string of the molecule is O=C(CC1CC1)N1CC2CCCC(=O)N(Cc3cccc(F)c3)C2C1. The maximum Gasteiger partial charge on any atom is 0.223 e. The summed E-state index contributed by atoms with van der Waals surface area (Å²) >= 11 is 0. The van der Waals surface area contributed by atoms with Crippen LogP contribution in [0.15, 0.2) is 24.3 Å². The van der Waals surface area contributed by atoms with E-state index in [4.69, 9.17) is 0 Å². The lowest BCUT2D eigenvalue weighted by Crippen LogP contribution is -2.43. The average molecular weight is 344 g/mol. The number of benzene rings is 1. The van der Waals surface area contributed by atoms with Gasteiger partial charge in [0.05, 0.1) is 6.04 Å². The van der Waals surface area contributed by atoms with E-state index in [-0.39, 0.29) is 23.7 Å². The van der Waals surface area contributed by atoms with Crippen LogP contribution in [0.5, 0.6) is 0 Å². The number of hydrogen-bond donors (Lipinski definition) is 0. The van der Waals surface area contributed by atoms with Gasteiger partial charge in [-0.25, -0.2) is 4.39 Å². The van der Waals surface area contributed by atoms with Crippen molar-refractivity contribution in [3.05, 3.63) is 35.6 Å². The molecule has 2 saturated heterocycles. The number of hydrogen-bond acceptors (Lipinski definition) is 2. The van der Waals surface area contributed by atoms with Crippen molar-refractivity contribution in [2.24, 2.45) is 11.8 Å². The van der Waals surface area contributed by atoms with Crippen molar-refractivity contribution >= 4 is 11.8 Å². The highest BCUT2D eigenvalue weighted by Crippen LogP contribution is 2.36. The monoisotopic (exact) mass is 344 g/mol. The van der Waals surface area contributed by atoms with Crippen LogP contribution in [0.1, 0.15) is 44.1 Å². The average Bonchev–Trinajstić information content (AvgIpc) is 3.31. The van der Waals surface area contributed by atoms with Gasteiger partial charge in [-0.3, -0.25) is 9.59 Å². The van der Waals surface area contributed by atoms with E-state index >= 15 is 0 Å². The van der Waals surface area contributed by atoms with Crippen molar-refractivity contribution < 1.29 is 14.0 Å². The van der Waals surface area contributed by atoms with Gasteiger partial charge in [-0.2, -0.15) is 0 Å². The second-order valence-electron chi connectivity index (χ2n) is 7.82. The first-order valence-corrected chi connectivity index (χ1v) is 9.42. The number of nitrogens with zero attached hydrogens (tertiary/aromatic N) is 2. The van der Waals surface area contributed by atoms with Gasteiger partial charge in [0.25, 0.3) is 0 Å². The molecule has 1 aromatic rings. The quantitative estimate of drug-likeness (QED) is 0.842. The second kappa shape index (κ2) is 6.77. The molecule has 1 aliphatic carbocycles. The molecule has 0 aromatic heterocycles. The predicted octanol–water partition coefficient (Wildman–Crippen LogP) is 2.97. The summed E-state index contributed by atoms with van der Waals surface area (Å²) in [5.74, 6) is 1.04. The first kappa shape index (κ1) is 16.6. The number of fused-ring (bicyclic) bond motifs is 1. The normalized spacial score (nSPS) is 26.5. The molecule has 3 fully saturated rings. The first-order valence-electron chi connectivity index (χ1n) is 9.42. The zero-order chi connectivity index (χ0) is 17.4. The minimum Gasteiger partial charge on any atom is -0.340 e. The van der Waals surface area contributed by atoms with Gasteiger partial charge in [-0.05, 0) is 55.2 Å². The van der Waals surface area contributed by atoms with Crippen molar-refractivity contribution in [2.75, 3.05) is 13.1 Å². The molecular weight excluding hydrogens is 319 g/mol. The standard InChI is InChI=1S/C20H25FN2O2/c21-17-5-1-3-15(9-17)11-23-18-13-22(20(25)10-14-7-8-14)12-16(18)4-2-6-19(23)24/h1,3,5,9,14,16,18H,2,4,6-8,10-13H2. The van der Waals surface area contributed by atoms with E-state index in [0.29, 0.717) is 37.8 Å². The minimum absolute atomic E-state index is 0.0708. The van der Waals surface area contributed by atoms with Crippen molar-refractivity contribution in [1.29, 1.82) is 0 Å². The van der Waals surface area contributed by atoms with Crippen LogP contribution in [-0.2, 0) is 16.1 Å². The smallest absolute Gasteiger partial charge is 0.223 e. The first-order chi connectivity index (χ1) is 12.1. The third-order valence-electron chi connectivity index (χ3n) is 5.85. The molecular formula is C20H25FN2O2. The van der Waals surface area contributed by atoms with Crippen LogP contribution in [0.4, 0.5) is 4.39 Å². The van der Waals surface area contributed by atoms with Crippen LogP contribution < -0.4 is 0 Å². The summed E-state index contributed by atoms with van der Waals surface area (Å²) in [4.78, 5) is 29.0. The Morgan fingerprint density at radius 3 is 2.80 bits per heavy atom. The topological polar surface area (TPSA) is 40.6 Å². The van der Waals surface area contributed by atoms with Crippen LogP contribution in [0.2, 0.25) is 0 Å². The molecule has 134 valence electrons. The van der Waals surface area contributed by atoms with E-state index in [1.54, 1.807) is 6.07 Å². The lowest BCUT2D eigenvalue weighted by molar-refractivity contribution is -0.135. The molecule has 0 radical (unpaired) electrons. The predicted molar refractivity (Wildman–Crippen MR) is 92.0 cm³/mol. The highest BCUT2D eigenvalue weighted by atomic mass is 19.1. The van der Waals surface area contributed by atoms with E-state index in [1.807, 2.05) is 15.9 Å². The van der Waals surface area contributed by atoms with Crippen LogP contribution in [0, 0.1) is 17.7 Å². The summed E-state index contributed by atoms with van der Waals surface area (Å²) in [5, 5.41) is 0. The Morgan fingerprint density at radius 2 is 2.04 bits per heavy atom. The summed E-state index contributed by atoms with van der Waals surface area (Å²) < 4.78 is 13.5. The number of rotatable bonds is 4. The maximum absolute atomic E-state index is 13.5. The summed E-state index contributed by atoms with van der Waals surface area (Å²) in [6.07, 6.45) is 5.44. The molecule has 2 aliphatic heterocycles. The lowest BCUT2D eigenvalue weighted by Gasteiger charge is -2.30. The summed E-state index contributed by atoms with van der Waals surface area (Å²) in [6.45, 7) is 1.84. The van der Waals surface area contributed by atoms with Crippen LogP contribution in [-0.4, -0.2) is 40.7 Å².